The van der Waals surface area contributed by atoms with E-state index >= 15 is 0 Å². The first kappa shape index (κ1) is 17.3. The predicted molar refractivity (Wildman–Crippen MR) is 88.8 cm³/mol. The molecule has 0 fully saturated rings. The quantitative estimate of drug-likeness (QED) is 0.591. The molecule has 0 saturated heterocycles. The van der Waals surface area contributed by atoms with Crippen LogP contribution in [0.5, 0.6) is 0 Å². The Labute approximate surface area is 131 Å². The number of benzene rings is 1. The van der Waals surface area contributed by atoms with Crippen LogP contribution in [0, 0.1) is 6.92 Å². The van der Waals surface area contributed by atoms with Gasteiger partial charge in [0, 0.05) is 22.7 Å². The average Bonchev–Trinajstić information content (AvgIpc) is 2.32. The van der Waals surface area contributed by atoms with Gasteiger partial charge in [0.25, 0.3) is 0 Å². The van der Waals surface area contributed by atoms with Gasteiger partial charge in [-0.15, -0.1) is 0 Å². The van der Waals surface area contributed by atoms with E-state index in [1.807, 2.05) is 33.8 Å². The van der Waals surface area contributed by atoms with Crippen LogP contribution >= 0.6 is 11.6 Å². The Morgan fingerprint density at radius 3 is 2.67 bits per heavy atom. The van der Waals surface area contributed by atoms with Crippen LogP contribution in [0.1, 0.15) is 32.8 Å². The van der Waals surface area contributed by atoms with Gasteiger partial charge in [-0.1, -0.05) is 17.7 Å². The Hall–Kier alpha value is -1.75. The fraction of sp³-hybridized carbons (Fsp3) is 0.467. The Morgan fingerprint density at radius 1 is 1.38 bits per heavy atom. The molecule has 5 nitrogen and oxygen atoms in total. The van der Waals surface area contributed by atoms with Gasteiger partial charge in [0.05, 0.1) is 6.54 Å². The fourth-order valence-corrected chi connectivity index (χ4v) is 1.83. The van der Waals surface area contributed by atoms with Crippen molar-refractivity contribution in [3.05, 3.63) is 28.8 Å². The third-order valence-electron chi connectivity index (χ3n) is 2.67. The smallest absolute Gasteiger partial charge is 0.226 e. The zero-order chi connectivity index (χ0) is 16.0. The second-order valence-electron chi connectivity index (χ2n) is 5.85. The zero-order valence-electron chi connectivity index (χ0n) is 13.0. The molecule has 1 rings (SSSR count). The number of aliphatic imine (C=N–C) groups is 1. The molecule has 0 radical (unpaired) electrons. The second-order valence-corrected chi connectivity index (χ2v) is 6.26. The SMILES string of the molecule is Cc1c(Cl)cccc1NC(=O)CCN=C(N)NC(C)(C)C. The summed E-state index contributed by atoms with van der Waals surface area (Å²) in [5.41, 5.74) is 7.16. The minimum atomic E-state index is -0.145. The van der Waals surface area contributed by atoms with Gasteiger partial charge >= 0.3 is 0 Å². The molecule has 0 saturated carbocycles. The van der Waals surface area contributed by atoms with Crippen LogP contribution in [0.3, 0.4) is 0 Å². The van der Waals surface area contributed by atoms with Crippen molar-refractivity contribution in [2.45, 2.75) is 39.7 Å². The number of halogens is 1. The predicted octanol–water partition coefficient (Wildman–Crippen LogP) is 2.68. The highest BCUT2D eigenvalue weighted by Gasteiger charge is 2.10. The molecule has 0 unspecified atom stereocenters. The van der Waals surface area contributed by atoms with Crippen LogP contribution in [0.2, 0.25) is 5.02 Å². The molecule has 0 aliphatic heterocycles. The monoisotopic (exact) mass is 310 g/mol. The first-order chi connectivity index (χ1) is 9.69. The first-order valence-corrected chi connectivity index (χ1v) is 7.20. The number of hydrogen-bond donors (Lipinski definition) is 3. The number of carbonyl (C=O) groups excluding carboxylic acids is 1. The zero-order valence-corrected chi connectivity index (χ0v) is 13.7. The number of guanidine groups is 1. The molecular formula is C15H23ClN4O. The number of amides is 1. The summed E-state index contributed by atoms with van der Waals surface area (Å²) < 4.78 is 0. The van der Waals surface area contributed by atoms with Gasteiger partial charge in [0.2, 0.25) is 5.91 Å². The summed E-state index contributed by atoms with van der Waals surface area (Å²) in [6.07, 6.45) is 0.262. The van der Waals surface area contributed by atoms with Gasteiger partial charge < -0.3 is 16.4 Å². The molecule has 4 N–H and O–H groups in total. The van der Waals surface area contributed by atoms with Crippen LogP contribution in [0.25, 0.3) is 0 Å². The van der Waals surface area contributed by atoms with Gasteiger partial charge in [-0.25, -0.2) is 0 Å². The minimum absolute atomic E-state index is 0.118. The van der Waals surface area contributed by atoms with Crippen LogP contribution < -0.4 is 16.4 Å². The number of nitrogens with two attached hydrogens (primary N) is 1. The molecule has 0 atom stereocenters. The normalized spacial score (nSPS) is 12.1. The second kappa shape index (κ2) is 7.31. The van der Waals surface area contributed by atoms with E-state index < -0.39 is 0 Å². The van der Waals surface area contributed by atoms with Crippen molar-refractivity contribution < 1.29 is 4.79 Å². The van der Waals surface area contributed by atoms with E-state index in [-0.39, 0.29) is 17.9 Å². The molecule has 0 heterocycles. The van der Waals surface area contributed by atoms with E-state index in [1.165, 1.54) is 0 Å². The molecule has 0 aliphatic carbocycles. The summed E-state index contributed by atoms with van der Waals surface area (Å²) in [5, 5.41) is 6.49. The van der Waals surface area contributed by atoms with E-state index in [9.17, 15) is 4.79 Å². The average molecular weight is 311 g/mol. The molecule has 21 heavy (non-hydrogen) atoms. The molecule has 116 valence electrons. The number of hydrogen-bond acceptors (Lipinski definition) is 2. The van der Waals surface area contributed by atoms with Gasteiger partial charge in [0.1, 0.15) is 0 Å². The summed E-state index contributed by atoms with van der Waals surface area (Å²) >= 11 is 6.01. The number of rotatable bonds is 4. The highest BCUT2D eigenvalue weighted by Crippen LogP contribution is 2.22. The highest BCUT2D eigenvalue weighted by atomic mass is 35.5. The number of anilines is 1. The highest BCUT2D eigenvalue weighted by molar-refractivity contribution is 6.31. The largest absolute Gasteiger partial charge is 0.370 e. The fourth-order valence-electron chi connectivity index (χ4n) is 1.66. The van der Waals surface area contributed by atoms with E-state index in [1.54, 1.807) is 12.1 Å². The van der Waals surface area contributed by atoms with Gasteiger partial charge in [-0.2, -0.15) is 0 Å². The molecule has 1 aromatic carbocycles. The van der Waals surface area contributed by atoms with Crippen molar-refractivity contribution in [1.82, 2.24) is 5.32 Å². The Balaban J connectivity index is 2.48. The lowest BCUT2D eigenvalue weighted by Crippen LogP contribution is -2.45. The van der Waals surface area contributed by atoms with Crippen molar-refractivity contribution in [2.75, 3.05) is 11.9 Å². The van der Waals surface area contributed by atoms with E-state index in [0.717, 1.165) is 11.3 Å². The summed E-state index contributed by atoms with van der Waals surface area (Å²) in [6.45, 7) is 8.17. The topological polar surface area (TPSA) is 79.5 Å². The molecule has 0 spiro atoms. The van der Waals surface area contributed by atoms with Crippen molar-refractivity contribution >= 4 is 29.2 Å². The standard InChI is InChI=1S/C15H23ClN4O/c1-10-11(16)6-5-7-12(10)19-13(21)8-9-18-14(17)20-15(2,3)4/h5-7H,8-9H2,1-4H3,(H,19,21)(H3,17,18,20). The Bertz CT molecular complexity index is 535. The lowest BCUT2D eigenvalue weighted by Gasteiger charge is -2.20. The van der Waals surface area contributed by atoms with E-state index in [4.69, 9.17) is 17.3 Å². The lowest BCUT2D eigenvalue weighted by atomic mass is 10.1. The summed E-state index contributed by atoms with van der Waals surface area (Å²) in [7, 11) is 0. The van der Waals surface area contributed by atoms with Gasteiger partial charge in [-0.3, -0.25) is 9.79 Å². The third kappa shape index (κ3) is 6.49. The van der Waals surface area contributed by atoms with Crippen molar-refractivity contribution in [3.63, 3.8) is 0 Å². The van der Waals surface area contributed by atoms with Crippen LogP contribution in [0.15, 0.2) is 23.2 Å². The molecule has 0 aliphatic rings. The van der Waals surface area contributed by atoms with E-state index in [2.05, 4.69) is 15.6 Å². The maximum atomic E-state index is 11.9. The lowest BCUT2D eigenvalue weighted by molar-refractivity contribution is -0.116. The minimum Gasteiger partial charge on any atom is -0.370 e. The first-order valence-electron chi connectivity index (χ1n) is 6.82. The maximum absolute atomic E-state index is 11.9. The Morgan fingerprint density at radius 2 is 2.05 bits per heavy atom. The third-order valence-corrected chi connectivity index (χ3v) is 3.08. The van der Waals surface area contributed by atoms with Crippen LogP contribution in [0.4, 0.5) is 5.69 Å². The summed E-state index contributed by atoms with van der Waals surface area (Å²) in [4.78, 5) is 16.0. The molecule has 0 bridgehead atoms. The van der Waals surface area contributed by atoms with Crippen molar-refractivity contribution in [2.24, 2.45) is 10.7 Å². The molecule has 0 aromatic heterocycles. The van der Waals surface area contributed by atoms with Gasteiger partial charge in [-0.05, 0) is 45.4 Å². The summed E-state index contributed by atoms with van der Waals surface area (Å²) in [5.74, 6) is 0.224. The van der Waals surface area contributed by atoms with Gasteiger partial charge in [0.15, 0.2) is 5.96 Å². The molecule has 1 aromatic rings. The number of nitrogens with zero attached hydrogens (tertiary/aromatic N) is 1. The maximum Gasteiger partial charge on any atom is 0.226 e. The van der Waals surface area contributed by atoms with Crippen molar-refractivity contribution in [1.29, 1.82) is 0 Å². The van der Waals surface area contributed by atoms with E-state index in [0.29, 0.717) is 17.5 Å². The Kier molecular flexibility index (Phi) is 6.03. The summed E-state index contributed by atoms with van der Waals surface area (Å²) in [6, 6.07) is 5.40. The van der Waals surface area contributed by atoms with Crippen LogP contribution in [-0.4, -0.2) is 24.0 Å². The number of nitrogens with one attached hydrogen (secondary N) is 2. The number of carbonyl (C=O) groups is 1. The molecule has 6 heteroatoms. The molecule has 1 amide bonds. The van der Waals surface area contributed by atoms with Crippen molar-refractivity contribution in [3.8, 4) is 0 Å². The molecular weight excluding hydrogens is 288 g/mol. The van der Waals surface area contributed by atoms with Crippen LogP contribution in [-0.2, 0) is 4.79 Å².